The molecule has 7 heteroatoms. The molecule has 1 aromatic heterocycles. The van der Waals surface area contributed by atoms with Gasteiger partial charge in [-0.05, 0) is 61.7 Å². The monoisotopic (exact) mass is 453 g/mol. The van der Waals surface area contributed by atoms with E-state index in [-0.39, 0.29) is 29.3 Å². The number of carbonyl (C=O) groups is 2. The van der Waals surface area contributed by atoms with Crippen molar-refractivity contribution in [1.82, 2.24) is 0 Å². The lowest BCUT2D eigenvalue weighted by molar-refractivity contribution is -0.128. The smallest absolute Gasteiger partial charge is 0.230 e. The third-order valence-corrected chi connectivity index (χ3v) is 6.60. The number of ketones is 2. The Labute approximate surface area is 188 Å². The summed E-state index contributed by atoms with van der Waals surface area (Å²) in [6.07, 6.45) is 0.399. The van der Waals surface area contributed by atoms with E-state index in [2.05, 4.69) is 5.16 Å². The molecule has 0 saturated carbocycles. The van der Waals surface area contributed by atoms with E-state index < -0.39 is 17.2 Å². The van der Waals surface area contributed by atoms with Crippen LogP contribution in [0.2, 0.25) is 0 Å². The largest absolute Gasteiger partial charge is 0.381 e. The molecule has 32 heavy (non-hydrogen) atoms. The number of Topliss-reactive ketones (excluding diaryl/α,β-unsaturated/α-hetero) is 2. The fraction of sp³-hybridized carbons (Fsp3) is 0.240. The van der Waals surface area contributed by atoms with E-state index in [0.717, 1.165) is 34.6 Å². The Bertz CT molecular complexity index is 1240. The number of oxime groups is 1. The van der Waals surface area contributed by atoms with Gasteiger partial charge < -0.3 is 4.84 Å². The van der Waals surface area contributed by atoms with E-state index in [1.54, 1.807) is 19.9 Å². The Hall–Kier alpha value is -3.19. The number of halogens is 2. The lowest BCUT2D eigenvalue weighted by Crippen LogP contribution is -2.33. The van der Waals surface area contributed by atoms with Crippen LogP contribution in [-0.4, -0.2) is 22.9 Å². The zero-order valence-corrected chi connectivity index (χ0v) is 18.7. The molecular weight excluding hydrogens is 432 g/mol. The summed E-state index contributed by atoms with van der Waals surface area (Å²) in [6.45, 7) is 5.36. The molecule has 4 rings (SSSR count). The minimum Gasteiger partial charge on any atom is -0.381 e. The van der Waals surface area contributed by atoms with Crippen LogP contribution in [0.15, 0.2) is 53.7 Å². The molecule has 4 nitrogen and oxygen atoms in total. The van der Waals surface area contributed by atoms with Crippen molar-refractivity contribution in [2.45, 2.75) is 39.2 Å². The van der Waals surface area contributed by atoms with Gasteiger partial charge in [-0.15, -0.1) is 11.3 Å². The van der Waals surface area contributed by atoms with Crippen LogP contribution < -0.4 is 0 Å². The molecule has 0 saturated heterocycles. The summed E-state index contributed by atoms with van der Waals surface area (Å²) in [5, 5.41) is 3.97. The highest BCUT2D eigenvalue weighted by Crippen LogP contribution is 2.34. The summed E-state index contributed by atoms with van der Waals surface area (Å²) < 4.78 is 27.9. The van der Waals surface area contributed by atoms with Crippen LogP contribution in [-0.2, 0) is 22.5 Å². The molecule has 0 fully saturated rings. The second-order valence-corrected chi connectivity index (χ2v) is 9.14. The minimum atomic E-state index is -0.997. The fourth-order valence-electron chi connectivity index (χ4n) is 3.55. The predicted molar refractivity (Wildman–Crippen MR) is 120 cm³/mol. The van der Waals surface area contributed by atoms with Crippen LogP contribution >= 0.6 is 11.3 Å². The van der Waals surface area contributed by atoms with Gasteiger partial charge in [0.25, 0.3) is 0 Å². The first-order chi connectivity index (χ1) is 15.2. The molecule has 0 N–H and O–H groups in total. The van der Waals surface area contributed by atoms with Crippen LogP contribution in [0, 0.1) is 11.6 Å². The van der Waals surface area contributed by atoms with Crippen LogP contribution in [0.4, 0.5) is 8.78 Å². The maximum absolute atomic E-state index is 13.9. The Morgan fingerprint density at radius 1 is 1.09 bits per heavy atom. The number of aryl methyl sites for hydroxylation is 1. The highest BCUT2D eigenvalue weighted by molar-refractivity contribution is 7.17. The topological polar surface area (TPSA) is 55.7 Å². The van der Waals surface area contributed by atoms with E-state index in [1.165, 1.54) is 17.4 Å². The van der Waals surface area contributed by atoms with Gasteiger partial charge in [0.2, 0.25) is 5.78 Å². The first kappa shape index (κ1) is 22.0. The number of thiophene rings is 1. The molecular formula is C25H21F2NO3S. The lowest BCUT2D eigenvalue weighted by atomic mass is 9.93. The van der Waals surface area contributed by atoms with Crippen molar-refractivity contribution in [1.29, 1.82) is 0 Å². The molecule has 0 atom stereocenters. The van der Waals surface area contributed by atoms with E-state index in [0.29, 0.717) is 10.4 Å². The van der Waals surface area contributed by atoms with Gasteiger partial charge in [-0.2, -0.15) is 0 Å². The van der Waals surface area contributed by atoms with Crippen molar-refractivity contribution < 1.29 is 23.2 Å². The molecule has 0 bridgehead atoms. The van der Waals surface area contributed by atoms with Crippen molar-refractivity contribution in [3.63, 3.8) is 0 Å². The standard InChI is InChI=1S/C25H21F2NO3S/c1-4-14-8-9-15(23-24(30)25(2,3)31-28-23)12-16(14)21-10-11-22(32-21)20(29)13-17-18(26)6-5-7-19(17)27/h5-12H,4,13H2,1-3H3. The highest BCUT2D eigenvalue weighted by atomic mass is 32.1. The van der Waals surface area contributed by atoms with Gasteiger partial charge in [0.1, 0.15) is 11.6 Å². The van der Waals surface area contributed by atoms with Crippen LogP contribution in [0.3, 0.4) is 0 Å². The van der Waals surface area contributed by atoms with E-state index in [1.807, 2.05) is 31.2 Å². The van der Waals surface area contributed by atoms with Gasteiger partial charge >= 0.3 is 0 Å². The first-order valence-electron chi connectivity index (χ1n) is 10.2. The van der Waals surface area contributed by atoms with E-state index in [4.69, 9.17) is 4.84 Å². The molecule has 0 spiro atoms. The molecule has 2 heterocycles. The van der Waals surface area contributed by atoms with Gasteiger partial charge in [0.05, 0.1) is 4.88 Å². The van der Waals surface area contributed by atoms with Crippen LogP contribution in [0.5, 0.6) is 0 Å². The normalized spacial score (nSPS) is 14.9. The first-order valence-corrected chi connectivity index (χ1v) is 11.0. The maximum Gasteiger partial charge on any atom is 0.230 e. The Morgan fingerprint density at radius 2 is 1.81 bits per heavy atom. The molecule has 0 amide bonds. The molecule has 0 aliphatic carbocycles. The summed E-state index contributed by atoms with van der Waals surface area (Å²) in [4.78, 5) is 31.8. The zero-order chi connectivity index (χ0) is 23.0. The highest BCUT2D eigenvalue weighted by Gasteiger charge is 2.40. The maximum atomic E-state index is 13.9. The average molecular weight is 454 g/mol. The molecule has 0 radical (unpaired) electrons. The Kier molecular flexibility index (Phi) is 5.77. The number of hydrogen-bond acceptors (Lipinski definition) is 5. The minimum absolute atomic E-state index is 0.193. The zero-order valence-electron chi connectivity index (χ0n) is 17.9. The molecule has 3 aromatic rings. The predicted octanol–water partition coefficient (Wildman–Crippen LogP) is 5.76. The van der Waals surface area contributed by atoms with Crippen molar-refractivity contribution >= 4 is 28.6 Å². The third-order valence-electron chi connectivity index (χ3n) is 5.44. The van der Waals surface area contributed by atoms with Crippen molar-refractivity contribution in [2.24, 2.45) is 5.16 Å². The average Bonchev–Trinajstić information content (AvgIpc) is 3.36. The SMILES string of the molecule is CCc1ccc(C2=NOC(C)(C)C2=O)cc1-c1ccc(C(=O)Cc2c(F)cccc2F)s1. The number of rotatable bonds is 6. The number of nitrogens with zero attached hydrogens (tertiary/aromatic N) is 1. The van der Waals surface area contributed by atoms with Crippen molar-refractivity contribution in [2.75, 3.05) is 0 Å². The van der Waals surface area contributed by atoms with E-state index in [9.17, 15) is 18.4 Å². The summed E-state index contributed by atoms with van der Waals surface area (Å²) in [5.41, 5.74) is 1.60. The van der Waals surface area contributed by atoms with Crippen LogP contribution in [0.25, 0.3) is 10.4 Å². The van der Waals surface area contributed by atoms with Gasteiger partial charge in [-0.1, -0.05) is 30.3 Å². The number of benzene rings is 2. The summed E-state index contributed by atoms with van der Waals surface area (Å²) >= 11 is 1.26. The third kappa shape index (κ3) is 4.00. The van der Waals surface area contributed by atoms with Gasteiger partial charge in [-0.25, -0.2) is 8.78 Å². The molecule has 0 unspecified atom stereocenters. The molecule has 1 aliphatic rings. The second-order valence-electron chi connectivity index (χ2n) is 8.06. The summed E-state index contributed by atoms with van der Waals surface area (Å²) in [6, 6.07) is 12.7. The van der Waals surface area contributed by atoms with Crippen molar-refractivity contribution in [3.05, 3.63) is 81.7 Å². The summed E-state index contributed by atoms with van der Waals surface area (Å²) in [7, 11) is 0. The second kappa shape index (κ2) is 8.39. The quantitative estimate of drug-likeness (QED) is 0.446. The lowest BCUT2D eigenvalue weighted by Gasteiger charge is -2.12. The Balaban J connectivity index is 1.65. The Morgan fingerprint density at radius 3 is 2.44 bits per heavy atom. The fourth-order valence-corrected chi connectivity index (χ4v) is 4.55. The molecule has 1 aliphatic heterocycles. The van der Waals surface area contributed by atoms with Gasteiger partial charge in [0, 0.05) is 22.4 Å². The molecule has 164 valence electrons. The number of carbonyl (C=O) groups excluding carboxylic acids is 2. The number of hydrogen-bond donors (Lipinski definition) is 0. The van der Waals surface area contributed by atoms with Gasteiger partial charge in [0.15, 0.2) is 17.1 Å². The van der Waals surface area contributed by atoms with Gasteiger partial charge in [-0.3, -0.25) is 9.59 Å². The van der Waals surface area contributed by atoms with Crippen LogP contribution in [0.1, 0.15) is 47.1 Å². The molecule has 2 aromatic carbocycles. The summed E-state index contributed by atoms with van der Waals surface area (Å²) in [5.74, 6) is -2.02. The van der Waals surface area contributed by atoms with Crippen molar-refractivity contribution in [3.8, 4) is 10.4 Å². The van der Waals surface area contributed by atoms with E-state index >= 15 is 0 Å².